The van der Waals surface area contributed by atoms with Gasteiger partial charge in [-0.1, -0.05) is 43.3 Å². The van der Waals surface area contributed by atoms with Crippen LogP contribution < -0.4 is 72.9 Å². The van der Waals surface area contributed by atoms with Crippen LogP contribution in [-0.4, -0.2) is 91.2 Å². The molecule has 10 atom stereocenters. The predicted molar refractivity (Wildman–Crippen MR) is 193 cm³/mol. The number of hydrogen-bond donors (Lipinski definition) is 2. The van der Waals surface area contributed by atoms with Gasteiger partial charge < -0.3 is 43.4 Å². The van der Waals surface area contributed by atoms with E-state index in [4.69, 9.17) is 37.4 Å². The Morgan fingerprint density at radius 3 is 1.65 bits per heavy atom. The van der Waals surface area contributed by atoms with Crippen LogP contribution in [0.2, 0.25) is 0 Å². The Bertz CT molecular complexity index is 1780. The number of hydrogen-bond acceptors (Lipinski definition) is 17. The number of carbonyl (C=O) groups excluding carboxylic acids is 5. The van der Waals surface area contributed by atoms with E-state index in [1.54, 1.807) is 6.92 Å². The summed E-state index contributed by atoms with van der Waals surface area (Å²) in [5.41, 5.74) is 4.00. The molecule has 6 rings (SSSR count). The van der Waals surface area contributed by atoms with E-state index in [-0.39, 0.29) is 77.4 Å². The van der Waals surface area contributed by atoms with Crippen molar-refractivity contribution in [3.8, 4) is 11.5 Å². The Hall–Kier alpha value is -2.92. The third-order valence-corrected chi connectivity index (χ3v) is 11.0. The van der Waals surface area contributed by atoms with Crippen LogP contribution in [0.5, 0.6) is 11.5 Å². The SMILES string of the molecule is CCC(O)C(O)C1C(OC(C)=O)CC2Oc3c(CCCC(=O)OC)cccc3C21.COC(=O)CCCc1cccc2c1OC1CC(OC(C)=O)C(C=O)C21.[Na+].[O-][I+3]([O-])([O-])[O-]. The van der Waals surface area contributed by atoms with Gasteiger partial charge in [0.15, 0.2) is 0 Å². The Morgan fingerprint density at radius 2 is 1.22 bits per heavy atom. The number of aldehydes is 1. The largest absolute Gasteiger partial charge is 1.00 e. The van der Waals surface area contributed by atoms with Crippen molar-refractivity contribution in [1.82, 2.24) is 0 Å². The van der Waals surface area contributed by atoms with Gasteiger partial charge in [-0.05, 0) is 43.2 Å². The molecule has 4 aliphatic rings. The molecule has 17 nitrogen and oxygen atoms in total. The molecule has 0 aromatic heterocycles. The molecule has 19 heteroatoms. The van der Waals surface area contributed by atoms with E-state index in [9.17, 15) is 34.2 Å². The summed E-state index contributed by atoms with van der Waals surface area (Å²) < 4.78 is 67.0. The molecule has 0 bridgehead atoms. The molecule has 326 valence electrons. The second-order valence-electron chi connectivity index (χ2n) is 14.8. The number of para-hydroxylation sites is 2. The molecule has 2 aromatic carbocycles. The summed E-state index contributed by atoms with van der Waals surface area (Å²) in [5.74, 6) is -0.725. The predicted octanol–water partition coefficient (Wildman–Crippen LogP) is -6.46. The number of aliphatic hydroxyl groups excluding tert-OH is 2. The first-order valence-corrected chi connectivity index (χ1v) is 22.9. The van der Waals surface area contributed by atoms with Crippen LogP contribution in [0.25, 0.3) is 0 Å². The average molecular weight is 967 g/mol. The molecule has 0 spiro atoms. The zero-order chi connectivity index (χ0) is 43.6. The molecule has 0 amide bonds. The molecule has 2 heterocycles. The molecule has 0 radical (unpaired) electrons. The van der Waals surface area contributed by atoms with E-state index in [0.29, 0.717) is 57.8 Å². The first kappa shape index (κ1) is 51.4. The number of aryl methyl sites for hydroxylation is 2. The summed E-state index contributed by atoms with van der Waals surface area (Å²) in [5, 5.41) is 21.1. The summed E-state index contributed by atoms with van der Waals surface area (Å²) in [6, 6.07) is 11.8. The van der Waals surface area contributed by atoms with Gasteiger partial charge in [0.2, 0.25) is 0 Å². The number of rotatable bonds is 14. The molecule has 2 N–H and O–H groups in total. The Labute approximate surface area is 377 Å². The van der Waals surface area contributed by atoms with Crippen molar-refractivity contribution in [2.75, 3.05) is 14.2 Å². The van der Waals surface area contributed by atoms with Crippen molar-refractivity contribution in [1.29, 1.82) is 0 Å². The zero-order valence-electron chi connectivity index (χ0n) is 34.6. The molecular formula is C41H52INaO17. The van der Waals surface area contributed by atoms with Crippen LogP contribution in [0.4, 0.5) is 0 Å². The standard InChI is InChI=1S/C22H30O7.C19H22O6.IO4.Na/c1-4-15(24)21(26)20-17(28-12(2)23)11-16-19(20)14-9-5-7-13(22(14)29-16)8-6-10-18(25)27-3;1-11(21)24-15-9-16-18(14(15)10-20)13-7-3-5-12(19(13)25-16)6-4-8-17(22)23-2;2-1(3,4)5;/h5,7,9,15-17,19-21,24,26H,4,6,8,10-11H2,1-3H3;3,5,7,10,14-16,18H,4,6,8-9H2,1-2H3;;/q;;-1;+1. The fourth-order valence-electron chi connectivity index (χ4n) is 8.63. The average Bonchev–Trinajstić information content (AvgIpc) is 3.91. The van der Waals surface area contributed by atoms with Gasteiger partial charge in [-0.15, -0.1) is 0 Å². The molecule has 2 aromatic rings. The number of benzene rings is 2. The van der Waals surface area contributed by atoms with Crippen LogP contribution in [0.3, 0.4) is 0 Å². The number of methoxy groups -OCH3 is 2. The zero-order valence-corrected chi connectivity index (χ0v) is 38.7. The van der Waals surface area contributed by atoms with E-state index in [0.717, 1.165) is 40.0 Å². The molecule has 2 aliphatic carbocycles. The minimum Gasteiger partial charge on any atom is -0.489 e. The number of carbonyl (C=O) groups is 5. The molecular weight excluding hydrogens is 914 g/mol. The van der Waals surface area contributed by atoms with E-state index < -0.39 is 56.4 Å². The van der Waals surface area contributed by atoms with Crippen molar-refractivity contribution < 1.29 is 126 Å². The van der Waals surface area contributed by atoms with Crippen molar-refractivity contribution in [3.63, 3.8) is 0 Å². The van der Waals surface area contributed by atoms with Gasteiger partial charge >= 0.3 is 53.4 Å². The van der Waals surface area contributed by atoms with E-state index in [2.05, 4.69) is 4.74 Å². The maximum absolute atomic E-state index is 11.6. The van der Waals surface area contributed by atoms with Gasteiger partial charge in [0.1, 0.15) is 62.3 Å². The minimum atomic E-state index is -5.94. The van der Waals surface area contributed by atoms with E-state index >= 15 is 0 Å². The maximum Gasteiger partial charge on any atom is 1.00 e. The molecule has 2 saturated carbocycles. The Kier molecular flexibility index (Phi) is 20.1. The number of fused-ring (bicyclic) bond motifs is 6. The molecule has 0 saturated heterocycles. The second-order valence-corrected chi connectivity index (χ2v) is 17.0. The van der Waals surface area contributed by atoms with Crippen LogP contribution in [0.15, 0.2) is 36.4 Å². The summed E-state index contributed by atoms with van der Waals surface area (Å²) in [6.45, 7) is 4.51. The van der Waals surface area contributed by atoms with Crippen LogP contribution in [0, 0.1) is 11.8 Å². The van der Waals surface area contributed by atoms with Gasteiger partial charge in [0, 0.05) is 68.4 Å². The van der Waals surface area contributed by atoms with Crippen LogP contribution >= 0.6 is 0 Å². The van der Waals surface area contributed by atoms with Crippen molar-refractivity contribution >= 4 is 30.2 Å². The normalized spacial score (nSPS) is 24.9. The molecule has 60 heavy (non-hydrogen) atoms. The topological polar surface area (TPSA) is 273 Å². The molecule has 2 aliphatic heterocycles. The number of ether oxygens (including phenoxy) is 6. The number of esters is 4. The Morgan fingerprint density at radius 1 is 0.783 bits per heavy atom. The second kappa shape index (κ2) is 23.5. The van der Waals surface area contributed by atoms with Crippen molar-refractivity contribution in [2.24, 2.45) is 11.8 Å². The van der Waals surface area contributed by atoms with Gasteiger partial charge in [-0.25, -0.2) is 0 Å². The first-order valence-electron chi connectivity index (χ1n) is 19.4. The van der Waals surface area contributed by atoms with Gasteiger partial charge in [-0.2, -0.15) is 0 Å². The number of aliphatic hydroxyl groups is 2. The number of halogens is 1. The smallest absolute Gasteiger partial charge is 0.489 e. The van der Waals surface area contributed by atoms with Gasteiger partial charge in [0.05, 0.1) is 32.3 Å². The fourth-order valence-corrected chi connectivity index (χ4v) is 8.63. The monoisotopic (exact) mass is 966 g/mol. The molecule has 10 unspecified atom stereocenters. The summed E-state index contributed by atoms with van der Waals surface area (Å²) in [4.78, 5) is 57.1. The first-order chi connectivity index (χ1) is 27.9. The van der Waals surface area contributed by atoms with E-state index in [1.165, 1.54) is 28.1 Å². The van der Waals surface area contributed by atoms with Crippen molar-refractivity contribution in [2.45, 2.75) is 127 Å². The third-order valence-electron chi connectivity index (χ3n) is 11.0. The summed E-state index contributed by atoms with van der Waals surface area (Å²) in [7, 11) is 2.76. The van der Waals surface area contributed by atoms with Crippen LogP contribution in [0.1, 0.15) is 99.8 Å². The third kappa shape index (κ3) is 13.5. The van der Waals surface area contributed by atoms with Gasteiger partial charge in [0.25, 0.3) is 0 Å². The summed E-state index contributed by atoms with van der Waals surface area (Å²) >= 11 is -5.94. The minimum absolute atomic E-state index is 0. The van der Waals surface area contributed by atoms with Crippen LogP contribution in [-0.2, 0) is 55.8 Å². The van der Waals surface area contributed by atoms with E-state index in [1.807, 2.05) is 36.4 Å². The Balaban J connectivity index is 0.000000286. The van der Waals surface area contributed by atoms with Gasteiger partial charge in [-0.3, -0.25) is 32.9 Å². The summed E-state index contributed by atoms with van der Waals surface area (Å²) in [6.07, 6.45) is 2.45. The van der Waals surface area contributed by atoms with Crippen molar-refractivity contribution in [3.05, 3.63) is 58.7 Å². The molecule has 2 fully saturated rings. The quantitative estimate of drug-likeness (QED) is 0.0586. The fraction of sp³-hybridized carbons (Fsp3) is 0.585. The maximum atomic E-state index is 11.6.